The topological polar surface area (TPSA) is 78.9 Å². The Balaban J connectivity index is 1.40. The van der Waals surface area contributed by atoms with Crippen LogP contribution in [0.15, 0.2) is 48.6 Å². The molecule has 0 radical (unpaired) electrons. The predicted octanol–water partition coefficient (Wildman–Crippen LogP) is 5.97. The van der Waals surface area contributed by atoms with Crippen LogP contribution >= 0.6 is 11.6 Å². The first-order chi connectivity index (χ1) is 19.7. The SMILES string of the molecule is CC(C)[C@H]1C/C=C/C[C@@H](O)[C@@H]2CC[C@H]2CN2C[C@@]3(CCCc4cc(Cl)ccc43)COc3ccc(cc32)C(=O)NS1=O. The number of aliphatic hydroxyl groups excluding tert-OH is 1. The first-order valence-electron chi connectivity index (χ1n) is 15.1. The largest absolute Gasteiger partial charge is 0.490 e. The fraction of sp³-hybridized carbons (Fsp3) is 0.545. The van der Waals surface area contributed by atoms with E-state index in [9.17, 15) is 14.1 Å². The summed E-state index contributed by atoms with van der Waals surface area (Å²) in [6.07, 6.45) is 10.0. The van der Waals surface area contributed by atoms with Crippen LogP contribution < -0.4 is 14.4 Å². The summed E-state index contributed by atoms with van der Waals surface area (Å²) in [7, 11) is -1.54. The van der Waals surface area contributed by atoms with Gasteiger partial charge in [0.1, 0.15) is 16.7 Å². The number of hydrogen-bond donors (Lipinski definition) is 2. The van der Waals surface area contributed by atoms with Gasteiger partial charge in [0.2, 0.25) is 0 Å². The number of carbonyl (C=O) groups excluding carboxylic acids is 1. The standard InChI is InChI=1S/C33H41ClN2O4S/c1-21(2)31-8-4-3-7-29(37)26-12-9-24(26)18-36-19-33(15-5-6-22-16-25(34)11-13-27(22)33)20-40-30-14-10-23(17-28(30)36)32(38)35-41(31)39/h3-4,10-11,13-14,16-17,21,24,26,29,31,37H,5-9,12,15,18-20H2,1-2H3,(H,35,38)/b4-3+/t24-,26+,29+,31+,33-,41?/m0/s1. The summed E-state index contributed by atoms with van der Waals surface area (Å²) in [5.74, 6) is 1.15. The Kier molecular flexibility index (Phi) is 8.23. The Labute approximate surface area is 251 Å². The lowest BCUT2D eigenvalue weighted by atomic mass is 9.68. The summed E-state index contributed by atoms with van der Waals surface area (Å²) in [6.45, 7) is 6.16. The van der Waals surface area contributed by atoms with Gasteiger partial charge in [-0.3, -0.25) is 9.52 Å². The van der Waals surface area contributed by atoms with Crippen molar-refractivity contribution in [2.45, 2.75) is 75.6 Å². The summed E-state index contributed by atoms with van der Waals surface area (Å²) in [4.78, 5) is 15.8. The molecule has 6 nitrogen and oxygen atoms in total. The van der Waals surface area contributed by atoms with Crippen LogP contribution in [0.25, 0.3) is 0 Å². The highest BCUT2D eigenvalue weighted by Gasteiger charge is 2.44. The molecule has 6 rings (SSSR count). The second kappa shape index (κ2) is 11.7. The molecule has 2 heterocycles. The molecule has 2 aromatic rings. The number of aryl methyl sites for hydroxylation is 1. The second-order valence-electron chi connectivity index (χ2n) is 12.8. The smallest absolute Gasteiger partial charge is 0.263 e. The zero-order valence-electron chi connectivity index (χ0n) is 24.0. The number of fused-ring (bicyclic) bond motifs is 4. The molecule has 0 aromatic heterocycles. The highest BCUT2D eigenvalue weighted by atomic mass is 35.5. The third kappa shape index (κ3) is 5.70. The summed E-state index contributed by atoms with van der Waals surface area (Å²) < 4.78 is 22.6. The maximum atomic E-state index is 13.4. The number of ether oxygens (including phenoxy) is 1. The second-order valence-corrected chi connectivity index (χ2v) is 14.7. The molecule has 1 unspecified atom stereocenters. The molecule has 2 aliphatic heterocycles. The lowest BCUT2D eigenvalue weighted by molar-refractivity contribution is 0.0177. The molecule has 1 spiro atoms. The monoisotopic (exact) mass is 596 g/mol. The lowest BCUT2D eigenvalue weighted by Crippen LogP contribution is -2.49. The molecule has 41 heavy (non-hydrogen) atoms. The summed E-state index contributed by atoms with van der Waals surface area (Å²) in [6, 6.07) is 11.8. The van der Waals surface area contributed by atoms with Crippen LogP contribution in [-0.2, 0) is 22.8 Å². The highest BCUT2D eigenvalue weighted by molar-refractivity contribution is 7.84. The van der Waals surface area contributed by atoms with Gasteiger partial charge in [-0.05, 0) is 104 Å². The van der Waals surface area contributed by atoms with Crippen molar-refractivity contribution in [3.8, 4) is 5.75 Å². The van der Waals surface area contributed by atoms with E-state index >= 15 is 0 Å². The van der Waals surface area contributed by atoms with Crippen LogP contribution in [0.2, 0.25) is 5.02 Å². The van der Waals surface area contributed by atoms with Crippen molar-refractivity contribution >= 4 is 34.2 Å². The van der Waals surface area contributed by atoms with E-state index in [2.05, 4.69) is 21.8 Å². The van der Waals surface area contributed by atoms with Crippen LogP contribution in [0.5, 0.6) is 5.75 Å². The Bertz CT molecular complexity index is 1360. The van der Waals surface area contributed by atoms with Gasteiger partial charge in [-0.1, -0.05) is 43.7 Å². The van der Waals surface area contributed by atoms with Crippen LogP contribution in [0, 0.1) is 17.8 Å². The average Bonchev–Trinajstić information content (AvgIpc) is 3.07. The van der Waals surface area contributed by atoms with E-state index in [-0.39, 0.29) is 28.4 Å². The zero-order valence-corrected chi connectivity index (χ0v) is 25.6. The summed E-state index contributed by atoms with van der Waals surface area (Å²) >= 11 is 6.40. The van der Waals surface area contributed by atoms with Crippen molar-refractivity contribution in [2.75, 3.05) is 24.6 Å². The molecule has 2 aromatic carbocycles. The number of carbonyl (C=O) groups is 1. The first kappa shape index (κ1) is 28.8. The van der Waals surface area contributed by atoms with Crippen molar-refractivity contribution in [1.82, 2.24) is 4.72 Å². The molecule has 2 aliphatic carbocycles. The van der Waals surface area contributed by atoms with Gasteiger partial charge in [0.15, 0.2) is 0 Å². The normalized spacial score (nSPS) is 32.7. The van der Waals surface area contributed by atoms with Gasteiger partial charge in [0.05, 0.1) is 23.6 Å². The molecule has 8 heteroatoms. The van der Waals surface area contributed by atoms with E-state index in [1.807, 2.05) is 44.2 Å². The number of hydrogen-bond acceptors (Lipinski definition) is 5. The maximum Gasteiger partial charge on any atom is 0.263 e. The maximum absolute atomic E-state index is 13.4. The molecule has 1 amide bonds. The van der Waals surface area contributed by atoms with Gasteiger partial charge in [-0.25, -0.2) is 4.21 Å². The lowest BCUT2D eigenvalue weighted by Gasteiger charge is -2.45. The van der Waals surface area contributed by atoms with Gasteiger partial charge >= 0.3 is 0 Å². The average molecular weight is 597 g/mol. The number of benzene rings is 2. The van der Waals surface area contributed by atoms with E-state index in [4.69, 9.17) is 16.3 Å². The number of halogens is 1. The van der Waals surface area contributed by atoms with E-state index in [1.165, 1.54) is 11.1 Å². The Morgan fingerprint density at radius 1 is 1.15 bits per heavy atom. The minimum Gasteiger partial charge on any atom is -0.490 e. The molecule has 1 fully saturated rings. The quantitative estimate of drug-likeness (QED) is 0.397. The summed E-state index contributed by atoms with van der Waals surface area (Å²) in [5, 5.41) is 11.7. The minimum atomic E-state index is -1.54. The van der Waals surface area contributed by atoms with Crippen molar-refractivity contribution < 1.29 is 18.8 Å². The molecule has 0 saturated heterocycles. The van der Waals surface area contributed by atoms with Gasteiger partial charge in [-0.15, -0.1) is 0 Å². The molecular weight excluding hydrogens is 556 g/mol. The fourth-order valence-corrected chi connectivity index (χ4v) is 8.77. The van der Waals surface area contributed by atoms with Gasteiger partial charge in [0.25, 0.3) is 5.91 Å². The highest BCUT2D eigenvalue weighted by Crippen LogP contribution is 2.46. The number of nitrogens with one attached hydrogen (secondary N) is 1. The van der Waals surface area contributed by atoms with Crippen molar-refractivity contribution in [2.24, 2.45) is 17.8 Å². The number of rotatable bonds is 1. The fourth-order valence-electron chi connectivity index (χ4n) is 7.34. The molecule has 2 N–H and O–H groups in total. The van der Waals surface area contributed by atoms with Crippen LogP contribution in [0.1, 0.15) is 73.9 Å². The van der Waals surface area contributed by atoms with E-state index in [0.717, 1.165) is 61.7 Å². The molecule has 2 bridgehead atoms. The molecular formula is C33H41ClN2O4S. The third-order valence-corrected chi connectivity index (χ3v) is 11.8. The third-order valence-electron chi connectivity index (χ3n) is 9.85. The van der Waals surface area contributed by atoms with E-state index < -0.39 is 17.1 Å². The Hall–Kier alpha value is -2.35. The Morgan fingerprint density at radius 2 is 1.98 bits per heavy atom. The number of aliphatic hydroxyl groups is 1. The van der Waals surface area contributed by atoms with Crippen molar-refractivity contribution in [1.29, 1.82) is 0 Å². The molecule has 4 aliphatic rings. The van der Waals surface area contributed by atoms with Gasteiger partial charge < -0.3 is 14.7 Å². The minimum absolute atomic E-state index is 0.126. The van der Waals surface area contributed by atoms with Crippen molar-refractivity contribution in [3.63, 3.8) is 0 Å². The van der Waals surface area contributed by atoms with Gasteiger partial charge in [0, 0.05) is 29.1 Å². The number of nitrogens with zero attached hydrogens (tertiary/aromatic N) is 1. The zero-order chi connectivity index (χ0) is 28.7. The number of amides is 1. The molecule has 1 saturated carbocycles. The Morgan fingerprint density at radius 3 is 2.76 bits per heavy atom. The van der Waals surface area contributed by atoms with Gasteiger partial charge in [-0.2, -0.15) is 0 Å². The van der Waals surface area contributed by atoms with Crippen molar-refractivity contribution in [3.05, 3.63) is 70.3 Å². The summed E-state index contributed by atoms with van der Waals surface area (Å²) in [5.41, 5.74) is 3.77. The van der Waals surface area contributed by atoms with Crippen LogP contribution in [0.4, 0.5) is 5.69 Å². The molecule has 220 valence electrons. The number of allylic oxidation sites excluding steroid dienone is 1. The molecule has 6 atom stereocenters. The van der Waals surface area contributed by atoms with Crippen LogP contribution in [-0.4, -0.2) is 46.3 Å². The van der Waals surface area contributed by atoms with E-state index in [0.29, 0.717) is 30.9 Å². The van der Waals surface area contributed by atoms with Crippen LogP contribution in [0.3, 0.4) is 0 Å². The predicted molar refractivity (Wildman–Crippen MR) is 165 cm³/mol. The number of anilines is 1. The first-order valence-corrected chi connectivity index (χ1v) is 16.7. The van der Waals surface area contributed by atoms with E-state index in [1.54, 1.807) is 6.07 Å².